The van der Waals surface area contributed by atoms with Crippen LogP contribution in [0.5, 0.6) is 11.5 Å². The molecule has 0 radical (unpaired) electrons. The van der Waals surface area contributed by atoms with E-state index in [1.165, 1.54) is 6.07 Å². The van der Waals surface area contributed by atoms with Crippen LogP contribution in [0.25, 0.3) is 0 Å². The molecule has 3 rings (SSSR count). The van der Waals surface area contributed by atoms with Gasteiger partial charge in [-0.3, -0.25) is 0 Å². The number of nitrogens with one attached hydrogen (secondary N) is 1. The zero-order valence-corrected chi connectivity index (χ0v) is 12.2. The van der Waals surface area contributed by atoms with Crippen molar-refractivity contribution in [2.45, 2.75) is 12.5 Å². The molecule has 2 aromatic carbocycles. The standard InChI is InChI=1S/C17H18FNO2/c1-20-15-8-7-11-12(17(15)21-2)9-10-19-16(11)13-5-3-4-6-14(13)18/h3-8,16,19H,9-10H2,1-2H3. The summed E-state index contributed by atoms with van der Waals surface area (Å²) in [5.74, 6) is 1.26. The van der Waals surface area contributed by atoms with Crippen LogP contribution in [0.15, 0.2) is 36.4 Å². The first-order chi connectivity index (χ1) is 10.3. The predicted molar refractivity (Wildman–Crippen MR) is 79.5 cm³/mol. The van der Waals surface area contributed by atoms with Gasteiger partial charge < -0.3 is 14.8 Å². The third kappa shape index (κ3) is 2.36. The van der Waals surface area contributed by atoms with Gasteiger partial charge in [0.25, 0.3) is 0 Å². The molecule has 1 aliphatic heterocycles. The Balaban J connectivity index is 2.13. The van der Waals surface area contributed by atoms with Gasteiger partial charge in [0.2, 0.25) is 0 Å². The van der Waals surface area contributed by atoms with Crippen molar-refractivity contribution in [1.29, 1.82) is 0 Å². The lowest BCUT2D eigenvalue weighted by Crippen LogP contribution is -2.31. The van der Waals surface area contributed by atoms with E-state index in [4.69, 9.17) is 9.47 Å². The van der Waals surface area contributed by atoms with Crippen LogP contribution in [0.1, 0.15) is 22.7 Å². The SMILES string of the molecule is COc1ccc2c(c1OC)CCNC2c1ccccc1F. The van der Waals surface area contributed by atoms with Gasteiger partial charge in [-0.05, 0) is 24.1 Å². The molecular weight excluding hydrogens is 269 g/mol. The quantitative estimate of drug-likeness (QED) is 0.941. The van der Waals surface area contributed by atoms with Gasteiger partial charge >= 0.3 is 0 Å². The van der Waals surface area contributed by atoms with E-state index in [0.29, 0.717) is 11.3 Å². The number of benzene rings is 2. The minimum atomic E-state index is -0.197. The second-order valence-corrected chi connectivity index (χ2v) is 5.03. The van der Waals surface area contributed by atoms with Crippen LogP contribution in [0, 0.1) is 5.82 Å². The summed E-state index contributed by atoms with van der Waals surface area (Å²) in [5.41, 5.74) is 2.79. The van der Waals surface area contributed by atoms with Crippen LogP contribution < -0.4 is 14.8 Å². The molecule has 4 heteroatoms. The second-order valence-electron chi connectivity index (χ2n) is 5.03. The van der Waals surface area contributed by atoms with Crippen LogP contribution in [0.2, 0.25) is 0 Å². The fourth-order valence-electron chi connectivity index (χ4n) is 2.97. The van der Waals surface area contributed by atoms with E-state index in [0.717, 1.165) is 29.8 Å². The van der Waals surface area contributed by atoms with E-state index in [2.05, 4.69) is 5.32 Å². The minimum Gasteiger partial charge on any atom is -0.493 e. The van der Waals surface area contributed by atoms with E-state index in [1.807, 2.05) is 24.3 Å². The first-order valence-electron chi connectivity index (χ1n) is 6.97. The molecule has 3 nitrogen and oxygen atoms in total. The Kier molecular flexibility index (Phi) is 3.80. The first-order valence-corrected chi connectivity index (χ1v) is 6.97. The van der Waals surface area contributed by atoms with Crippen molar-refractivity contribution in [2.75, 3.05) is 20.8 Å². The minimum absolute atomic E-state index is 0.158. The van der Waals surface area contributed by atoms with Crippen molar-refractivity contribution < 1.29 is 13.9 Å². The fourth-order valence-corrected chi connectivity index (χ4v) is 2.97. The highest BCUT2D eigenvalue weighted by Gasteiger charge is 2.27. The van der Waals surface area contributed by atoms with E-state index in [-0.39, 0.29) is 11.9 Å². The van der Waals surface area contributed by atoms with Crippen molar-refractivity contribution >= 4 is 0 Å². The Morgan fingerprint density at radius 2 is 1.86 bits per heavy atom. The van der Waals surface area contributed by atoms with Gasteiger partial charge in [-0.1, -0.05) is 24.3 Å². The largest absolute Gasteiger partial charge is 0.493 e. The molecule has 1 heterocycles. The van der Waals surface area contributed by atoms with Crippen LogP contribution in [-0.2, 0) is 6.42 Å². The van der Waals surface area contributed by atoms with E-state index in [9.17, 15) is 4.39 Å². The fraction of sp³-hybridized carbons (Fsp3) is 0.294. The topological polar surface area (TPSA) is 30.5 Å². The number of ether oxygens (including phenoxy) is 2. The Labute approximate surface area is 123 Å². The normalized spacial score (nSPS) is 17.2. The molecule has 0 saturated heterocycles. The molecule has 110 valence electrons. The van der Waals surface area contributed by atoms with Gasteiger partial charge in [-0.15, -0.1) is 0 Å². The molecule has 0 bridgehead atoms. The van der Waals surface area contributed by atoms with E-state index < -0.39 is 0 Å². The molecule has 0 aliphatic carbocycles. The molecule has 0 aromatic heterocycles. The number of methoxy groups -OCH3 is 2. The summed E-state index contributed by atoms with van der Waals surface area (Å²) in [6, 6.07) is 10.6. The summed E-state index contributed by atoms with van der Waals surface area (Å²) >= 11 is 0. The summed E-state index contributed by atoms with van der Waals surface area (Å²) < 4.78 is 25.0. The lowest BCUT2D eigenvalue weighted by atomic mass is 9.89. The van der Waals surface area contributed by atoms with E-state index in [1.54, 1.807) is 20.3 Å². The molecular formula is C17H18FNO2. The third-order valence-corrected chi connectivity index (χ3v) is 3.94. The molecule has 2 aromatic rings. The predicted octanol–water partition coefficient (Wildman–Crippen LogP) is 3.08. The molecule has 0 spiro atoms. The summed E-state index contributed by atoms with van der Waals surface area (Å²) in [6.45, 7) is 0.773. The molecule has 21 heavy (non-hydrogen) atoms. The maximum Gasteiger partial charge on any atom is 0.164 e. The lowest BCUT2D eigenvalue weighted by Gasteiger charge is -2.29. The molecule has 1 unspecified atom stereocenters. The number of rotatable bonds is 3. The summed E-state index contributed by atoms with van der Waals surface area (Å²) in [7, 11) is 3.26. The lowest BCUT2D eigenvalue weighted by molar-refractivity contribution is 0.348. The Bertz CT molecular complexity index is 657. The van der Waals surface area contributed by atoms with Gasteiger partial charge in [0.05, 0.1) is 20.3 Å². The van der Waals surface area contributed by atoms with Crippen LogP contribution in [0.3, 0.4) is 0 Å². The first kappa shape index (κ1) is 13.9. The summed E-state index contributed by atoms with van der Waals surface area (Å²) in [4.78, 5) is 0. The number of hydrogen-bond acceptors (Lipinski definition) is 3. The summed E-state index contributed by atoms with van der Waals surface area (Å²) in [5, 5.41) is 3.38. The molecule has 0 amide bonds. The maximum absolute atomic E-state index is 14.1. The van der Waals surface area contributed by atoms with Crippen molar-refractivity contribution in [1.82, 2.24) is 5.32 Å². The van der Waals surface area contributed by atoms with Crippen LogP contribution in [0.4, 0.5) is 4.39 Å². The van der Waals surface area contributed by atoms with Gasteiger partial charge in [0.15, 0.2) is 11.5 Å². The molecule has 1 atom stereocenters. The average Bonchev–Trinajstić information content (AvgIpc) is 2.53. The third-order valence-electron chi connectivity index (χ3n) is 3.94. The molecule has 0 fully saturated rings. The monoisotopic (exact) mass is 287 g/mol. The van der Waals surface area contributed by atoms with E-state index >= 15 is 0 Å². The molecule has 1 aliphatic rings. The Hall–Kier alpha value is -2.07. The zero-order chi connectivity index (χ0) is 14.8. The number of fused-ring (bicyclic) bond motifs is 1. The molecule has 0 saturated carbocycles. The molecule has 1 N–H and O–H groups in total. The Morgan fingerprint density at radius 1 is 1.05 bits per heavy atom. The Morgan fingerprint density at radius 3 is 2.57 bits per heavy atom. The van der Waals surface area contributed by atoms with Crippen LogP contribution in [-0.4, -0.2) is 20.8 Å². The van der Waals surface area contributed by atoms with Crippen molar-refractivity contribution in [2.24, 2.45) is 0 Å². The van der Waals surface area contributed by atoms with Gasteiger partial charge in [-0.25, -0.2) is 4.39 Å². The highest BCUT2D eigenvalue weighted by atomic mass is 19.1. The van der Waals surface area contributed by atoms with Gasteiger partial charge in [-0.2, -0.15) is 0 Å². The van der Waals surface area contributed by atoms with Gasteiger partial charge in [0.1, 0.15) is 5.82 Å². The van der Waals surface area contributed by atoms with Gasteiger partial charge in [0, 0.05) is 17.7 Å². The van der Waals surface area contributed by atoms with Crippen molar-refractivity contribution in [3.63, 3.8) is 0 Å². The second kappa shape index (κ2) is 5.74. The van der Waals surface area contributed by atoms with Crippen LogP contribution >= 0.6 is 0 Å². The smallest absolute Gasteiger partial charge is 0.164 e. The van der Waals surface area contributed by atoms with Crippen molar-refractivity contribution in [3.8, 4) is 11.5 Å². The average molecular weight is 287 g/mol. The zero-order valence-electron chi connectivity index (χ0n) is 12.2. The maximum atomic E-state index is 14.1. The highest BCUT2D eigenvalue weighted by Crippen LogP contribution is 2.40. The number of hydrogen-bond donors (Lipinski definition) is 1. The summed E-state index contributed by atoms with van der Waals surface area (Å²) in [6.07, 6.45) is 0.834. The number of halogens is 1. The van der Waals surface area contributed by atoms with Crippen molar-refractivity contribution in [3.05, 3.63) is 58.9 Å². The highest BCUT2D eigenvalue weighted by molar-refractivity contribution is 5.54.